The maximum Gasteiger partial charge on any atom is 0.242 e. The van der Waals surface area contributed by atoms with Crippen LogP contribution in [0.25, 0.3) is 0 Å². The van der Waals surface area contributed by atoms with Crippen molar-refractivity contribution in [1.82, 2.24) is 9.97 Å². The summed E-state index contributed by atoms with van der Waals surface area (Å²) in [5.41, 5.74) is 6.58. The predicted molar refractivity (Wildman–Crippen MR) is 83.6 cm³/mol. The van der Waals surface area contributed by atoms with Gasteiger partial charge in [-0.15, -0.1) is 0 Å². The van der Waals surface area contributed by atoms with E-state index in [1.165, 1.54) is 12.8 Å². The first-order valence-electron chi connectivity index (χ1n) is 7.91. The summed E-state index contributed by atoms with van der Waals surface area (Å²) in [6, 6.07) is 0. The number of hydrogen-bond donors (Lipinski definition) is 2. The van der Waals surface area contributed by atoms with Crippen LogP contribution in [0.2, 0.25) is 0 Å². The maximum absolute atomic E-state index is 6.10. The molecule has 1 atom stereocenters. The molecule has 1 aliphatic rings. The molecule has 3 N–H and O–H groups in total. The maximum atomic E-state index is 6.10. The molecule has 0 bridgehead atoms. The molecule has 0 spiro atoms. The summed E-state index contributed by atoms with van der Waals surface area (Å²) in [7, 11) is 0. The molecule has 2 heterocycles. The molecule has 1 aromatic rings. The fourth-order valence-electron chi connectivity index (χ4n) is 2.35. The number of unbranched alkanes of at least 4 members (excludes halogenated alkanes) is 2. The molecule has 1 fully saturated rings. The largest absolute Gasteiger partial charge is 0.476 e. The number of aromatic nitrogens is 2. The number of nitrogens with zero attached hydrogens (tertiary/aromatic N) is 2. The normalized spacial score (nSPS) is 17.9. The van der Waals surface area contributed by atoms with E-state index in [1.54, 1.807) is 0 Å². The van der Waals surface area contributed by atoms with E-state index in [4.69, 9.17) is 15.2 Å². The van der Waals surface area contributed by atoms with Gasteiger partial charge in [0.1, 0.15) is 11.8 Å². The molecule has 1 aliphatic heterocycles. The van der Waals surface area contributed by atoms with Crippen LogP contribution in [0.3, 0.4) is 0 Å². The second kappa shape index (κ2) is 8.02. The van der Waals surface area contributed by atoms with Crippen molar-refractivity contribution in [2.75, 3.05) is 30.8 Å². The zero-order valence-electron chi connectivity index (χ0n) is 13.0. The van der Waals surface area contributed by atoms with Gasteiger partial charge >= 0.3 is 0 Å². The molecular weight excluding hydrogens is 268 g/mol. The Bertz CT molecular complexity index is 448. The lowest BCUT2D eigenvalue weighted by Crippen LogP contribution is -2.13. The quantitative estimate of drug-likeness (QED) is 0.717. The van der Waals surface area contributed by atoms with Gasteiger partial charge < -0.3 is 20.5 Å². The number of rotatable bonds is 8. The third-order valence-electron chi connectivity index (χ3n) is 3.50. The minimum Gasteiger partial charge on any atom is -0.476 e. The Hall–Kier alpha value is -1.56. The van der Waals surface area contributed by atoms with Crippen molar-refractivity contribution in [2.45, 2.75) is 52.1 Å². The summed E-state index contributed by atoms with van der Waals surface area (Å²) in [6.07, 6.45) is 5.42. The van der Waals surface area contributed by atoms with Crippen molar-refractivity contribution in [1.29, 1.82) is 0 Å². The summed E-state index contributed by atoms with van der Waals surface area (Å²) >= 11 is 0. The zero-order chi connectivity index (χ0) is 15.1. The smallest absolute Gasteiger partial charge is 0.242 e. The highest BCUT2D eigenvalue weighted by atomic mass is 16.5. The Morgan fingerprint density at radius 2 is 2.19 bits per heavy atom. The van der Waals surface area contributed by atoms with Crippen molar-refractivity contribution in [3.63, 3.8) is 0 Å². The number of hydrogen-bond acceptors (Lipinski definition) is 6. The SMILES string of the molecule is CCCCCNc1nc(C2CCCO2)nc(OCC)c1N. The molecule has 0 aliphatic carbocycles. The van der Waals surface area contributed by atoms with E-state index < -0.39 is 0 Å². The average Bonchev–Trinajstić information content (AvgIpc) is 3.01. The summed E-state index contributed by atoms with van der Waals surface area (Å²) in [6.45, 7) is 6.25. The molecule has 1 unspecified atom stereocenters. The van der Waals surface area contributed by atoms with Crippen LogP contribution in [0.5, 0.6) is 5.88 Å². The minimum absolute atomic E-state index is 0.0407. The zero-order valence-corrected chi connectivity index (χ0v) is 13.0. The summed E-state index contributed by atoms with van der Waals surface area (Å²) in [5, 5.41) is 3.30. The van der Waals surface area contributed by atoms with Crippen molar-refractivity contribution < 1.29 is 9.47 Å². The van der Waals surface area contributed by atoms with Gasteiger partial charge in [-0.25, -0.2) is 4.98 Å². The summed E-state index contributed by atoms with van der Waals surface area (Å²) in [4.78, 5) is 8.97. The lowest BCUT2D eigenvalue weighted by Gasteiger charge is -2.16. The molecule has 21 heavy (non-hydrogen) atoms. The standard InChI is InChI=1S/C15H26N4O2/c1-3-5-6-9-17-14-12(16)15(20-4-2)19-13(18-14)11-8-7-10-21-11/h11H,3-10,16H2,1-2H3,(H,17,18,19). The first kappa shape index (κ1) is 15.8. The van der Waals surface area contributed by atoms with E-state index in [0.29, 0.717) is 29.8 Å². The molecule has 118 valence electrons. The number of nitrogen functional groups attached to an aromatic ring is 1. The Balaban J connectivity index is 2.15. The fraction of sp³-hybridized carbons (Fsp3) is 0.733. The highest BCUT2D eigenvalue weighted by molar-refractivity contribution is 5.67. The first-order valence-corrected chi connectivity index (χ1v) is 7.91. The van der Waals surface area contributed by atoms with Gasteiger partial charge in [0.05, 0.1) is 6.61 Å². The van der Waals surface area contributed by atoms with Crippen molar-refractivity contribution in [2.24, 2.45) is 0 Å². The molecule has 0 amide bonds. The molecule has 0 radical (unpaired) electrons. The van der Waals surface area contributed by atoms with Gasteiger partial charge in [-0.3, -0.25) is 0 Å². The minimum atomic E-state index is -0.0407. The van der Waals surface area contributed by atoms with Crippen LogP contribution in [0.4, 0.5) is 11.5 Å². The molecule has 0 aromatic carbocycles. The monoisotopic (exact) mass is 294 g/mol. The van der Waals surface area contributed by atoms with Gasteiger partial charge in [0.2, 0.25) is 5.88 Å². The van der Waals surface area contributed by atoms with Crippen molar-refractivity contribution in [3.05, 3.63) is 5.82 Å². The summed E-state index contributed by atoms with van der Waals surface area (Å²) in [5.74, 6) is 1.79. The number of nitrogens with one attached hydrogen (secondary N) is 1. The van der Waals surface area contributed by atoms with Crippen LogP contribution in [0.15, 0.2) is 0 Å². The van der Waals surface area contributed by atoms with E-state index in [1.807, 2.05) is 6.92 Å². The highest BCUT2D eigenvalue weighted by Crippen LogP contribution is 2.32. The number of ether oxygens (including phenoxy) is 2. The van der Waals surface area contributed by atoms with E-state index in [0.717, 1.165) is 32.4 Å². The van der Waals surface area contributed by atoms with Crippen LogP contribution in [0.1, 0.15) is 57.9 Å². The second-order valence-corrected chi connectivity index (χ2v) is 5.22. The number of nitrogens with two attached hydrogens (primary N) is 1. The molecule has 6 nitrogen and oxygen atoms in total. The Labute approximate surface area is 126 Å². The highest BCUT2D eigenvalue weighted by Gasteiger charge is 2.23. The van der Waals surface area contributed by atoms with Crippen molar-refractivity contribution >= 4 is 11.5 Å². The van der Waals surface area contributed by atoms with Crippen LogP contribution >= 0.6 is 0 Å². The van der Waals surface area contributed by atoms with Crippen molar-refractivity contribution in [3.8, 4) is 5.88 Å². The molecule has 6 heteroatoms. The van der Waals surface area contributed by atoms with E-state index in [2.05, 4.69) is 22.2 Å². The van der Waals surface area contributed by atoms with Crippen LogP contribution in [-0.2, 0) is 4.74 Å². The van der Waals surface area contributed by atoms with Crippen LogP contribution in [-0.4, -0.2) is 29.7 Å². The third-order valence-corrected chi connectivity index (χ3v) is 3.50. The fourth-order valence-corrected chi connectivity index (χ4v) is 2.35. The first-order chi connectivity index (χ1) is 10.3. The molecular formula is C15H26N4O2. The Kier molecular flexibility index (Phi) is 6.04. The van der Waals surface area contributed by atoms with Crippen LogP contribution in [0, 0.1) is 0 Å². The second-order valence-electron chi connectivity index (χ2n) is 5.22. The Morgan fingerprint density at radius 3 is 2.86 bits per heavy atom. The molecule has 1 aromatic heterocycles. The third kappa shape index (κ3) is 4.20. The molecule has 1 saturated heterocycles. The van der Waals surface area contributed by atoms with Crippen LogP contribution < -0.4 is 15.8 Å². The Morgan fingerprint density at radius 1 is 1.33 bits per heavy atom. The van der Waals surface area contributed by atoms with E-state index in [-0.39, 0.29) is 6.10 Å². The lowest BCUT2D eigenvalue weighted by atomic mass is 10.2. The van der Waals surface area contributed by atoms with E-state index >= 15 is 0 Å². The average molecular weight is 294 g/mol. The molecule has 0 saturated carbocycles. The molecule has 2 rings (SSSR count). The van der Waals surface area contributed by atoms with Gasteiger partial charge in [0, 0.05) is 13.2 Å². The number of anilines is 2. The van der Waals surface area contributed by atoms with Gasteiger partial charge in [0.25, 0.3) is 0 Å². The summed E-state index contributed by atoms with van der Waals surface area (Å²) < 4.78 is 11.2. The van der Waals surface area contributed by atoms with Gasteiger partial charge in [-0.2, -0.15) is 4.98 Å². The van der Waals surface area contributed by atoms with Gasteiger partial charge in [0.15, 0.2) is 11.6 Å². The van der Waals surface area contributed by atoms with Gasteiger partial charge in [-0.1, -0.05) is 19.8 Å². The van der Waals surface area contributed by atoms with E-state index in [9.17, 15) is 0 Å². The predicted octanol–water partition coefficient (Wildman–Crippen LogP) is 2.91. The lowest BCUT2D eigenvalue weighted by molar-refractivity contribution is 0.104. The topological polar surface area (TPSA) is 82.3 Å². The van der Waals surface area contributed by atoms with Gasteiger partial charge in [-0.05, 0) is 26.2 Å².